The molecular formula is C15H21N5O2. The summed E-state index contributed by atoms with van der Waals surface area (Å²) in [6.45, 7) is 2.30. The van der Waals surface area contributed by atoms with Crippen LogP contribution in [0, 0.1) is 0 Å². The van der Waals surface area contributed by atoms with Crippen molar-refractivity contribution < 1.29 is 9.59 Å². The second-order valence-electron chi connectivity index (χ2n) is 6.62. The second kappa shape index (κ2) is 5.08. The van der Waals surface area contributed by atoms with Crippen molar-refractivity contribution in [3.8, 4) is 0 Å². The Hall–Kier alpha value is -1.89. The molecule has 2 saturated heterocycles. The number of aromatic amines is 1. The molecule has 3 aliphatic rings. The second-order valence-corrected chi connectivity index (χ2v) is 6.62. The molecule has 22 heavy (non-hydrogen) atoms. The fraction of sp³-hybridized carbons (Fsp3) is 0.667. The molecule has 4 heterocycles. The molecule has 2 N–H and O–H groups in total. The zero-order valence-corrected chi connectivity index (χ0v) is 12.8. The lowest BCUT2D eigenvalue weighted by Gasteiger charge is -2.28. The Bertz CT molecular complexity index is 625. The molecule has 0 radical (unpaired) electrons. The third-order valence-corrected chi connectivity index (χ3v) is 5.14. The molecule has 1 aromatic heterocycles. The molecule has 0 spiro atoms. The molecule has 2 amide bonds. The van der Waals surface area contributed by atoms with Gasteiger partial charge >= 0.3 is 0 Å². The molecule has 2 fully saturated rings. The Morgan fingerprint density at radius 3 is 3.00 bits per heavy atom. The minimum atomic E-state index is -0.0169. The zero-order valence-electron chi connectivity index (χ0n) is 12.8. The molecule has 1 aromatic rings. The minimum Gasteiger partial charge on any atom is -0.354 e. The van der Waals surface area contributed by atoms with Crippen LogP contribution in [0.15, 0.2) is 0 Å². The summed E-state index contributed by atoms with van der Waals surface area (Å²) in [4.78, 5) is 28.9. The predicted molar refractivity (Wildman–Crippen MR) is 79.2 cm³/mol. The van der Waals surface area contributed by atoms with Crippen molar-refractivity contribution in [1.82, 2.24) is 25.3 Å². The van der Waals surface area contributed by atoms with E-state index in [9.17, 15) is 9.59 Å². The molecule has 118 valence electrons. The summed E-state index contributed by atoms with van der Waals surface area (Å²) in [7, 11) is 2.06. The molecule has 7 nitrogen and oxygen atoms in total. The SMILES string of the molecule is CN1CCc2[nH]nc(C(=O)N3[C@@H]4CC[C@H]3CNC(=O)C4)c2C1. The number of amides is 2. The van der Waals surface area contributed by atoms with Crippen LogP contribution >= 0.6 is 0 Å². The van der Waals surface area contributed by atoms with Crippen LogP contribution in [0.1, 0.15) is 41.0 Å². The quantitative estimate of drug-likeness (QED) is 0.758. The first-order valence-electron chi connectivity index (χ1n) is 7.97. The van der Waals surface area contributed by atoms with Crippen LogP contribution in [-0.2, 0) is 17.8 Å². The molecular weight excluding hydrogens is 282 g/mol. The largest absolute Gasteiger partial charge is 0.354 e. The monoisotopic (exact) mass is 303 g/mol. The molecule has 2 bridgehead atoms. The summed E-state index contributed by atoms with van der Waals surface area (Å²) in [5.74, 6) is 0.0330. The lowest BCUT2D eigenvalue weighted by Crippen LogP contribution is -2.43. The van der Waals surface area contributed by atoms with Gasteiger partial charge in [-0.25, -0.2) is 0 Å². The normalized spacial score (nSPS) is 28.2. The van der Waals surface area contributed by atoms with Crippen LogP contribution in [-0.4, -0.2) is 64.0 Å². The standard InChI is InChI=1S/C15H21N5O2/c1-19-5-4-12-11(8-19)14(18-17-12)15(22)20-9-2-3-10(20)7-16-13(21)6-9/h9-10H,2-8H2,1H3,(H,16,21)(H,17,18)/t9-,10+/m1/s1. The van der Waals surface area contributed by atoms with Gasteiger partial charge in [-0.05, 0) is 19.9 Å². The predicted octanol–water partition coefficient (Wildman–Crippen LogP) is -0.109. The van der Waals surface area contributed by atoms with Crippen molar-refractivity contribution in [3.63, 3.8) is 0 Å². The maximum Gasteiger partial charge on any atom is 0.275 e. The highest BCUT2D eigenvalue weighted by Crippen LogP contribution is 2.31. The van der Waals surface area contributed by atoms with E-state index in [-0.39, 0.29) is 23.9 Å². The highest BCUT2D eigenvalue weighted by molar-refractivity contribution is 5.95. The number of nitrogens with zero attached hydrogens (tertiary/aromatic N) is 3. The first-order chi connectivity index (χ1) is 10.6. The summed E-state index contributed by atoms with van der Waals surface area (Å²) in [5, 5.41) is 10.2. The third kappa shape index (κ3) is 2.11. The van der Waals surface area contributed by atoms with Gasteiger partial charge in [0.15, 0.2) is 5.69 Å². The number of fused-ring (bicyclic) bond motifs is 3. The van der Waals surface area contributed by atoms with Crippen LogP contribution in [0.2, 0.25) is 0 Å². The van der Waals surface area contributed by atoms with Crippen LogP contribution in [0.25, 0.3) is 0 Å². The minimum absolute atomic E-state index is 0.0169. The van der Waals surface area contributed by atoms with Crippen LogP contribution in [0.4, 0.5) is 0 Å². The van der Waals surface area contributed by atoms with Gasteiger partial charge in [0.1, 0.15) is 0 Å². The van der Waals surface area contributed by atoms with E-state index in [4.69, 9.17) is 0 Å². The average Bonchev–Trinajstić information content (AvgIpc) is 3.02. The molecule has 4 rings (SSSR count). The maximum absolute atomic E-state index is 13.0. The van der Waals surface area contributed by atoms with Crippen molar-refractivity contribution in [2.24, 2.45) is 0 Å². The van der Waals surface area contributed by atoms with Crippen molar-refractivity contribution in [3.05, 3.63) is 17.0 Å². The Balaban J connectivity index is 1.65. The molecule has 0 unspecified atom stereocenters. The molecule has 0 aliphatic carbocycles. The van der Waals surface area contributed by atoms with Gasteiger partial charge in [-0.15, -0.1) is 0 Å². The van der Waals surface area contributed by atoms with Gasteiger partial charge in [-0.3, -0.25) is 14.7 Å². The van der Waals surface area contributed by atoms with E-state index < -0.39 is 0 Å². The number of likely N-dealkylation sites (N-methyl/N-ethyl adjacent to an activating group) is 1. The van der Waals surface area contributed by atoms with Crippen LogP contribution in [0.5, 0.6) is 0 Å². The van der Waals surface area contributed by atoms with Crippen molar-refractivity contribution in [1.29, 1.82) is 0 Å². The summed E-state index contributed by atoms with van der Waals surface area (Å²) in [6, 6.07) is 0.131. The van der Waals surface area contributed by atoms with Gasteiger partial charge in [-0.1, -0.05) is 0 Å². The van der Waals surface area contributed by atoms with Crippen molar-refractivity contribution >= 4 is 11.8 Å². The van der Waals surface area contributed by atoms with Crippen molar-refractivity contribution in [2.75, 3.05) is 20.1 Å². The average molecular weight is 303 g/mol. The van der Waals surface area contributed by atoms with Gasteiger partial charge in [0.2, 0.25) is 5.91 Å². The molecule has 3 aliphatic heterocycles. The van der Waals surface area contributed by atoms with Gasteiger partial charge in [-0.2, -0.15) is 5.10 Å². The summed E-state index contributed by atoms with van der Waals surface area (Å²) in [6.07, 6.45) is 3.19. The van der Waals surface area contributed by atoms with Crippen LogP contribution < -0.4 is 5.32 Å². The lowest BCUT2D eigenvalue weighted by atomic mass is 10.0. The Morgan fingerprint density at radius 2 is 2.14 bits per heavy atom. The van der Waals surface area contributed by atoms with Gasteiger partial charge < -0.3 is 15.1 Å². The smallest absolute Gasteiger partial charge is 0.275 e. The van der Waals surface area contributed by atoms with E-state index >= 15 is 0 Å². The summed E-state index contributed by atoms with van der Waals surface area (Å²) < 4.78 is 0. The number of nitrogens with one attached hydrogen (secondary N) is 2. The molecule has 2 atom stereocenters. The van der Waals surface area contributed by atoms with Gasteiger partial charge in [0.05, 0.1) is 0 Å². The number of aromatic nitrogens is 2. The van der Waals surface area contributed by atoms with Crippen LogP contribution in [0.3, 0.4) is 0 Å². The van der Waals surface area contributed by atoms with E-state index in [1.807, 2.05) is 4.90 Å². The van der Waals surface area contributed by atoms with E-state index in [1.54, 1.807) is 0 Å². The fourth-order valence-corrected chi connectivity index (χ4v) is 3.94. The number of H-pyrrole nitrogens is 1. The fourth-order valence-electron chi connectivity index (χ4n) is 3.94. The highest BCUT2D eigenvalue weighted by atomic mass is 16.2. The Morgan fingerprint density at radius 1 is 1.32 bits per heavy atom. The number of rotatable bonds is 1. The van der Waals surface area contributed by atoms with Gasteiger partial charge in [0, 0.05) is 55.8 Å². The van der Waals surface area contributed by atoms with Gasteiger partial charge in [0.25, 0.3) is 5.91 Å². The van der Waals surface area contributed by atoms with E-state index in [1.165, 1.54) is 0 Å². The lowest BCUT2D eigenvalue weighted by molar-refractivity contribution is -0.121. The third-order valence-electron chi connectivity index (χ3n) is 5.14. The molecule has 7 heteroatoms. The summed E-state index contributed by atoms with van der Waals surface area (Å²) >= 11 is 0. The van der Waals surface area contributed by atoms with E-state index in [0.717, 1.165) is 43.6 Å². The number of hydrogen-bond acceptors (Lipinski definition) is 4. The summed E-state index contributed by atoms with van der Waals surface area (Å²) in [5.41, 5.74) is 2.66. The van der Waals surface area contributed by atoms with E-state index in [2.05, 4.69) is 27.5 Å². The highest BCUT2D eigenvalue weighted by Gasteiger charge is 2.42. The first kappa shape index (κ1) is 13.8. The maximum atomic E-state index is 13.0. The van der Waals surface area contributed by atoms with E-state index in [0.29, 0.717) is 18.7 Å². The number of hydrogen-bond donors (Lipinski definition) is 2. The Labute approximate surface area is 129 Å². The van der Waals surface area contributed by atoms with Crippen molar-refractivity contribution in [2.45, 2.75) is 44.3 Å². The number of carbonyl (C=O) groups is 2. The zero-order chi connectivity index (χ0) is 15.3. The first-order valence-corrected chi connectivity index (χ1v) is 7.97. The molecule has 0 aromatic carbocycles. The Kier molecular flexibility index (Phi) is 3.18. The molecule has 0 saturated carbocycles. The topological polar surface area (TPSA) is 81.3 Å². The number of carbonyl (C=O) groups excluding carboxylic acids is 2.